The van der Waals surface area contributed by atoms with Gasteiger partial charge in [-0.3, -0.25) is 10.1 Å². The van der Waals surface area contributed by atoms with Crippen LogP contribution in [0.5, 0.6) is 0 Å². The maximum atomic E-state index is 10.5. The minimum absolute atomic E-state index is 0.185. The van der Waals surface area contributed by atoms with E-state index in [1.165, 1.54) is 12.8 Å². The molecule has 0 radical (unpaired) electrons. The molecule has 4 nitrogen and oxygen atoms in total. The van der Waals surface area contributed by atoms with Gasteiger partial charge in [0.15, 0.2) is 0 Å². The van der Waals surface area contributed by atoms with Gasteiger partial charge in [0.05, 0.1) is 6.17 Å². The van der Waals surface area contributed by atoms with Gasteiger partial charge in [-0.25, -0.2) is 0 Å². The monoisotopic (exact) mass is 172 g/mol. The zero-order chi connectivity index (χ0) is 8.97. The second-order valence-electron chi connectivity index (χ2n) is 3.23. The maximum Gasteiger partial charge on any atom is 0.320 e. The van der Waals surface area contributed by atoms with Gasteiger partial charge in [-0.15, -0.1) is 0 Å². The maximum absolute atomic E-state index is 10.5. The van der Waals surface area contributed by atoms with Crippen LogP contribution in [0.1, 0.15) is 26.2 Å². The molecule has 0 aromatic heterocycles. The largest absolute Gasteiger partial charge is 0.480 e. The molecule has 12 heavy (non-hydrogen) atoms. The number of carboxylic acids is 1. The minimum Gasteiger partial charge on any atom is -0.480 e. The Kier molecular flexibility index (Phi) is 3.49. The summed E-state index contributed by atoms with van der Waals surface area (Å²) in [5.41, 5.74) is 0. The average Bonchev–Trinajstić information content (AvgIpc) is 2.06. The van der Waals surface area contributed by atoms with Crippen molar-refractivity contribution in [3.63, 3.8) is 0 Å². The number of hydrogen-bond acceptors (Lipinski definition) is 3. The lowest BCUT2D eigenvalue weighted by Gasteiger charge is -2.26. The van der Waals surface area contributed by atoms with Gasteiger partial charge in [-0.1, -0.05) is 0 Å². The highest BCUT2D eigenvalue weighted by molar-refractivity contribution is 5.72. The predicted octanol–water partition coefficient (Wildman–Crippen LogP) is 0.149. The summed E-state index contributed by atoms with van der Waals surface area (Å²) in [4.78, 5) is 10.5. The van der Waals surface area contributed by atoms with Crippen LogP contribution >= 0.6 is 0 Å². The molecule has 70 valence electrons. The third kappa shape index (κ3) is 2.79. The van der Waals surface area contributed by atoms with Crippen molar-refractivity contribution in [1.82, 2.24) is 10.6 Å². The van der Waals surface area contributed by atoms with Crippen LogP contribution in [0.2, 0.25) is 0 Å². The fraction of sp³-hybridized carbons (Fsp3) is 0.875. The van der Waals surface area contributed by atoms with Crippen LogP contribution in [0.25, 0.3) is 0 Å². The van der Waals surface area contributed by atoms with Crippen LogP contribution in [0.15, 0.2) is 0 Å². The molecule has 1 saturated heterocycles. The molecule has 0 aromatic rings. The predicted molar refractivity (Wildman–Crippen MR) is 45.9 cm³/mol. The summed E-state index contributed by atoms with van der Waals surface area (Å²) in [6.07, 6.45) is 3.58. The van der Waals surface area contributed by atoms with Crippen molar-refractivity contribution < 1.29 is 9.90 Å². The Labute approximate surface area is 72.3 Å². The van der Waals surface area contributed by atoms with E-state index in [0.29, 0.717) is 0 Å². The Morgan fingerprint density at radius 3 is 2.92 bits per heavy atom. The van der Waals surface area contributed by atoms with Gasteiger partial charge in [-0.05, 0) is 32.7 Å². The molecule has 1 rings (SSSR count). The van der Waals surface area contributed by atoms with E-state index in [2.05, 4.69) is 10.6 Å². The number of rotatable bonds is 3. The van der Waals surface area contributed by atoms with Crippen molar-refractivity contribution in [2.75, 3.05) is 6.54 Å². The lowest BCUT2D eigenvalue weighted by Crippen LogP contribution is -2.50. The van der Waals surface area contributed by atoms with Gasteiger partial charge in [0.2, 0.25) is 0 Å². The van der Waals surface area contributed by atoms with Crippen molar-refractivity contribution >= 4 is 5.97 Å². The first-order valence-electron chi connectivity index (χ1n) is 4.42. The molecular weight excluding hydrogens is 156 g/mol. The topological polar surface area (TPSA) is 61.4 Å². The molecule has 1 fully saturated rings. The Morgan fingerprint density at radius 1 is 1.67 bits per heavy atom. The summed E-state index contributed by atoms with van der Waals surface area (Å²) in [6, 6.07) is -0.458. The first-order chi connectivity index (χ1) is 5.70. The van der Waals surface area contributed by atoms with E-state index in [4.69, 9.17) is 5.11 Å². The van der Waals surface area contributed by atoms with E-state index >= 15 is 0 Å². The lowest BCUT2D eigenvalue weighted by molar-refractivity contribution is -0.139. The van der Waals surface area contributed by atoms with Crippen molar-refractivity contribution in [2.24, 2.45) is 0 Å². The first-order valence-corrected chi connectivity index (χ1v) is 4.42. The first kappa shape index (κ1) is 9.48. The smallest absolute Gasteiger partial charge is 0.320 e. The van der Waals surface area contributed by atoms with Crippen molar-refractivity contribution in [3.05, 3.63) is 0 Å². The lowest BCUT2D eigenvalue weighted by atomic mass is 10.1. The van der Waals surface area contributed by atoms with E-state index in [0.717, 1.165) is 13.0 Å². The summed E-state index contributed by atoms with van der Waals surface area (Å²) in [5, 5.41) is 14.9. The highest BCUT2D eigenvalue weighted by Gasteiger charge is 2.17. The molecule has 0 aromatic carbocycles. The summed E-state index contributed by atoms with van der Waals surface area (Å²) >= 11 is 0. The summed E-state index contributed by atoms with van der Waals surface area (Å²) in [5.74, 6) is -0.789. The molecule has 1 aliphatic heterocycles. The zero-order valence-electron chi connectivity index (χ0n) is 7.34. The van der Waals surface area contributed by atoms with Crippen LogP contribution in [0, 0.1) is 0 Å². The Morgan fingerprint density at radius 2 is 2.42 bits per heavy atom. The van der Waals surface area contributed by atoms with Crippen LogP contribution in [-0.4, -0.2) is 29.8 Å². The summed E-state index contributed by atoms with van der Waals surface area (Å²) < 4.78 is 0. The van der Waals surface area contributed by atoms with E-state index < -0.39 is 12.0 Å². The van der Waals surface area contributed by atoms with Crippen LogP contribution in [-0.2, 0) is 4.79 Å². The van der Waals surface area contributed by atoms with Gasteiger partial charge < -0.3 is 10.4 Å². The van der Waals surface area contributed by atoms with Crippen LogP contribution in [0.3, 0.4) is 0 Å². The van der Waals surface area contributed by atoms with Crippen molar-refractivity contribution in [1.29, 1.82) is 0 Å². The molecule has 1 aliphatic rings. The van der Waals surface area contributed by atoms with Crippen molar-refractivity contribution in [2.45, 2.75) is 38.4 Å². The van der Waals surface area contributed by atoms with Crippen LogP contribution < -0.4 is 10.6 Å². The number of piperidine rings is 1. The minimum atomic E-state index is -0.789. The highest BCUT2D eigenvalue weighted by Crippen LogP contribution is 2.04. The van der Waals surface area contributed by atoms with Gasteiger partial charge in [0.1, 0.15) is 6.04 Å². The molecular formula is C8H16N2O2. The third-order valence-corrected chi connectivity index (χ3v) is 2.13. The molecule has 2 atom stereocenters. The molecule has 0 spiro atoms. The fourth-order valence-corrected chi connectivity index (χ4v) is 1.37. The summed E-state index contributed by atoms with van der Waals surface area (Å²) in [6.45, 7) is 2.66. The average molecular weight is 172 g/mol. The van der Waals surface area contributed by atoms with Crippen molar-refractivity contribution in [3.8, 4) is 0 Å². The number of nitrogens with one attached hydrogen (secondary N) is 2. The number of hydrogen-bond donors (Lipinski definition) is 3. The molecule has 0 aliphatic carbocycles. The molecule has 0 amide bonds. The number of carboxylic acid groups (broad SMARTS) is 1. The van der Waals surface area contributed by atoms with Gasteiger partial charge in [-0.2, -0.15) is 0 Å². The fourth-order valence-electron chi connectivity index (χ4n) is 1.37. The van der Waals surface area contributed by atoms with Gasteiger partial charge in [0, 0.05) is 0 Å². The van der Waals surface area contributed by atoms with Crippen LogP contribution in [0.4, 0.5) is 0 Å². The number of carbonyl (C=O) groups is 1. The standard InChI is InChI=1S/C8H16N2O2/c1-6(8(11)12)10-7-4-2-3-5-9-7/h6-7,9-10H,2-5H2,1H3,(H,11,12). The Bertz CT molecular complexity index is 155. The van der Waals surface area contributed by atoms with Gasteiger partial charge >= 0.3 is 5.97 Å². The molecule has 4 heteroatoms. The summed E-state index contributed by atoms with van der Waals surface area (Å²) in [7, 11) is 0. The molecule has 0 saturated carbocycles. The number of aliphatic carboxylic acids is 1. The Hall–Kier alpha value is -0.610. The molecule has 2 unspecified atom stereocenters. The molecule has 0 bridgehead atoms. The van der Waals surface area contributed by atoms with E-state index in [1.54, 1.807) is 6.92 Å². The highest BCUT2D eigenvalue weighted by atomic mass is 16.4. The quantitative estimate of drug-likeness (QED) is 0.567. The normalized spacial score (nSPS) is 26.6. The van der Waals surface area contributed by atoms with E-state index in [1.807, 2.05) is 0 Å². The zero-order valence-corrected chi connectivity index (χ0v) is 7.34. The molecule has 3 N–H and O–H groups in total. The van der Waals surface area contributed by atoms with E-state index in [-0.39, 0.29) is 6.17 Å². The SMILES string of the molecule is CC(NC1CCCCN1)C(=O)O. The third-order valence-electron chi connectivity index (χ3n) is 2.13. The molecule has 1 heterocycles. The van der Waals surface area contributed by atoms with Gasteiger partial charge in [0.25, 0.3) is 0 Å². The Balaban J connectivity index is 2.24. The van der Waals surface area contributed by atoms with E-state index in [9.17, 15) is 4.79 Å². The second-order valence-corrected chi connectivity index (χ2v) is 3.23. The second kappa shape index (κ2) is 4.42.